The van der Waals surface area contributed by atoms with Crippen molar-refractivity contribution in [3.63, 3.8) is 0 Å². The van der Waals surface area contributed by atoms with Gasteiger partial charge in [0.15, 0.2) is 0 Å². The Kier molecular flexibility index (Phi) is 4.74. The van der Waals surface area contributed by atoms with E-state index in [4.69, 9.17) is 5.73 Å². The van der Waals surface area contributed by atoms with E-state index in [-0.39, 0.29) is 11.9 Å². The highest BCUT2D eigenvalue weighted by atomic mass is 79.9. The molecule has 0 spiro atoms. The van der Waals surface area contributed by atoms with Gasteiger partial charge in [0, 0.05) is 11.0 Å². The van der Waals surface area contributed by atoms with Crippen LogP contribution in [0.4, 0.5) is 11.5 Å². The van der Waals surface area contributed by atoms with Gasteiger partial charge in [-0.2, -0.15) is 0 Å². The molecule has 1 unspecified atom stereocenters. The predicted octanol–water partition coefficient (Wildman–Crippen LogP) is 1.96. The summed E-state index contributed by atoms with van der Waals surface area (Å²) in [7, 11) is 1.37. The molecule has 1 aromatic heterocycles. The number of anilines is 2. The number of esters is 1. The van der Waals surface area contributed by atoms with Gasteiger partial charge in [-0.25, -0.2) is 4.98 Å². The van der Waals surface area contributed by atoms with E-state index in [9.17, 15) is 4.79 Å². The van der Waals surface area contributed by atoms with Crippen molar-refractivity contribution in [2.75, 3.05) is 24.7 Å². The minimum absolute atomic E-state index is 0.245. The number of hydrogen-bond donors (Lipinski definition) is 2. The van der Waals surface area contributed by atoms with Crippen LogP contribution in [-0.4, -0.2) is 24.6 Å². The Balaban J connectivity index is 2.70. The standard InChI is InChI=1S/C11H16BrN3O2/c1-6(11(16)17-3)5-14-10-9(13)4-8(12)7(2)15-10/h4,6H,5,13H2,1-3H3,(H,14,15). The number of carbonyl (C=O) groups is 1. The van der Waals surface area contributed by atoms with Crippen LogP contribution in [0.25, 0.3) is 0 Å². The summed E-state index contributed by atoms with van der Waals surface area (Å²) in [5.74, 6) is 0.0801. The van der Waals surface area contributed by atoms with Gasteiger partial charge in [-0.15, -0.1) is 0 Å². The smallest absolute Gasteiger partial charge is 0.310 e. The van der Waals surface area contributed by atoms with Crippen LogP contribution in [0.3, 0.4) is 0 Å². The first kappa shape index (κ1) is 13.8. The molecule has 0 bridgehead atoms. The normalized spacial score (nSPS) is 12.0. The number of aromatic nitrogens is 1. The van der Waals surface area contributed by atoms with Gasteiger partial charge in [0.1, 0.15) is 5.82 Å². The minimum atomic E-state index is -0.259. The predicted molar refractivity (Wildman–Crippen MR) is 70.8 cm³/mol. The summed E-state index contributed by atoms with van der Waals surface area (Å²) >= 11 is 3.35. The molecule has 94 valence electrons. The Morgan fingerprint density at radius 2 is 2.35 bits per heavy atom. The van der Waals surface area contributed by atoms with Crippen molar-refractivity contribution in [2.24, 2.45) is 5.92 Å². The van der Waals surface area contributed by atoms with E-state index in [0.29, 0.717) is 18.1 Å². The third-order valence-corrected chi connectivity index (χ3v) is 3.16. The van der Waals surface area contributed by atoms with Gasteiger partial charge in [-0.3, -0.25) is 4.79 Å². The number of nitrogens with one attached hydrogen (secondary N) is 1. The molecule has 1 rings (SSSR count). The molecule has 1 atom stereocenters. The number of hydrogen-bond acceptors (Lipinski definition) is 5. The van der Waals surface area contributed by atoms with Crippen molar-refractivity contribution in [1.82, 2.24) is 4.98 Å². The average Bonchev–Trinajstić information content (AvgIpc) is 2.30. The van der Waals surface area contributed by atoms with Crippen molar-refractivity contribution >= 4 is 33.4 Å². The van der Waals surface area contributed by atoms with Crippen LogP contribution in [0.1, 0.15) is 12.6 Å². The number of carbonyl (C=O) groups excluding carboxylic acids is 1. The number of nitrogens with two attached hydrogens (primary N) is 1. The second-order valence-electron chi connectivity index (χ2n) is 3.80. The van der Waals surface area contributed by atoms with E-state index < -0.39 is 0 Å². The van der Waals surface area contributed by atoms with E-state index in [0.717, 1.165) is 10.2 Å². The van der Waals surface area contributed by atoms with Crippen LogP contribution in [-0.2, 0) is 9.53 Å². The molecule has 0 aliphatic rings. The zero-order valence-electron chi connectivity index (χ0n) is 10.1. The van der Waals surface area contributed by atoms with E-state index in [2.05, 4.69) is 31.0 Å². The number of pyridine rings is 1. The van der Waals surface area contributed by atoms with Crippen molar-refractivity contribution in [3.05, 3.63) is 16.2 Å². The fourth-order valence-electron chi connectivity index (χ4n) is 1.27. The summed E-state index contributed by atoms with van der Waals surface area (Å²) < 4.78 is 5.50. The van der Waals surface area contributed by atoms with Crippen LogP contribution < -0.4 is 11.1 Å². The van der Waals surface area contributed by atoms with Crippen LogP contribution >= 0.6 is 15.9 Å². The van der Waals surface area contributed by atoms with Crippen LogP contribution in [0.2, 0.25) is 0 Å². The van der Waals surface area contributed by atoms with E-state index in [1.54, 1.807) is 13.0 Å². The number of rotatable bonds is 4. The van der Waals surface area contributed by atoms with Crippen LogP contribution in [0.15, 0.2) is 10.5 Å². The van der Waals surface area contributed by atoms with Gasteiger partial charge in [-0.1, -0.05) is 6.92 Å². The van der Waals surface area contributed by atoms with Crippen molar-refractivity contribution < 1.29 is 9.53 Å². The lowest BCUT2D eigenvalue weighted by molar-refractivity contribution is -0.144. The van der Waals surface area contributed by atoms with Gasteiger partial charge in [0.2, 0.25) is 0 Å². The SMILES string of the molecule is COC(=O)C(C)CNc1nc(C)c(Br)cc1N. The summed E-state index contributed by atoms with van der Waals surface area (Å²) in [6, 6.07) is 1.79. The van der Waals surface area contributed by atoms with Crippen molar-refractivity contribution in [1.29, 1.82) is 0 Å². The number of nitrogen functional groups attached to an aromatic ring is 1. The lowest BCUT2D eigenvalue weighted by Crippen LogP contribution is -2.22. The van der Waals surface area contributed by atoms with Crippen LogP contribution in [0.5, 0.6) is 0 Å². The molecule has 0 aliphatic heterocycles. The second kappa shape index (κ2) is 5.86. The first-order chi connectivity index (χ1) is 7.95. The highest BCUT2D eigenvalue weighted by Crippen LogP contribution is 2.23. The summed E-state index contributed by atoms with van der Waals surface area (Å²) in [5, 5.41) is 3.04. The molecule has 17 heavy (non-hydrogen) atoms. The average molecular weight is 302 g/mol. The Labute approximate surface area is 109 Å². The maximum Gasteiger partial charge on any atom is 0.310 e. The first-order valence-electron chi connectivity index (χ1n) is 5.20. The molecule has 0 saturated carbocycles. The molecule has 0 saturated heterocycles. The van der Waals surface area contributed by atoms with Gasteiger partial charge >= 0.3 is 5.97 Å². The van der Waals surface area contributed by atoms with Crippen LogP contribution in [0, 0.1) is 12.8 Å². The maximum atomic E-state index is 11.2. The maximum absolute atomic E-state index is 11.2. The van der Waals surface area contributed by atoms with Gasteiger partial charge in [0.05, 0.1) is 24.4 Å². The highest BCUT2D eigenvalue weighted by molar-refractivity contribution is 9.10. The first-order valence-corrected chi connectivity index (χ1v) is 5.99. The Morgan fingerprint density at radius 1 is 1.71 bits per heavy atom. The number of aryl methyl sites for hydroxylation is 1. The van der Waals surface area contributed by atoms with Gasteiger partial charge in [0.25, 0.3) is 0 Å². The van der Waals surface area contributed by atoms with Crippen molar-refractivity contribution in [2.45, 2.75) is 13.8 Å². The highest BCUT2D eigenvalue weighted by Gasteiger charge is 2.13. The molecule has 0 aromatic carbocycles. The van der Waals surface area contributed by atoms with E-state index in [1.165, 1.54) is 7.11 Å². The van der Waals surface area contributed by atoms with Crippen molar-refractivity contribution in [3.8, 4) is 0 Å². The molecule has 0 fully saturated rings. The Hall–Kier alpha value is -1.30. The zero-order valence-corrected chi connectivity index (χ0v) is 11.7. The van der Waals surface area contributed by atoms with E-state index >= 15 is 0 Å². The second-order valence-corrected chi connectivity index (χ2v) is 4.65. The molecule has 6 heteroatoms. The molecule has 0 aliphatic carbocycles. The zero-order chi connectivity index (χ0) is 13.0. The number of nitrogens with zero attached hydrogens (tertiary/aromatic N) is 1. The monoisotopic (exact) mass is 301 g/mol. The summed E-state index contributed by atoms with van der Waals surface area (Å²) in [6.07, 6.45) is 0. The Morgan fingerprint density at radius 3 is 2.94 bits per heavy atom. The molecule has 3 N–H and O–H groups in total. The fourth-order valence-corrected chi connectivity index (χ4v) is 1.61. The molecule has 5 nitrogen and oxygen atoms in total. The molecule has 1 heterocycles. The quantitative estimate of drug-likeness (QED) is 0.831. The number of halogens is 1. The lowest BCUT2D eigenvalue weighted by atomic mass is 10.2. The van der Waals surface area contributed by atoms with E-state index in [1.807, 2.05) is 6.92 Å². The summed E-state index contributed by atoms with van der Waals surface area (Å²) in [6.45, 7) is 4.09. The Bertz CT molecular complexity index is 423. The summed E-state index contributed by atoms with van der Waals surface area (Å²) in [4.78, 5) is 15.5. The topological polar surface area (TPSA) is 77.2 Å². The molecule has 1 aromatic rings. The fraction of sp³-hybridized carbons (Fsp3) is 0.455. The number of methoxy groups -OCH3 is 1. The number of ether oxygens (including phenoxy) is 1. The third-order valence-electron chi connectivity index (χ3n) is 2.36. The molecule has 0 amide bonds. The third kappa shape index (κ3) is 3.59. The minimum Gasteiger partial charge on any atom is -0.469 e. The lowest BCUT2D eigenvalue weighted by Gasteiger charge is -2.13. The largest absolute Gasteiger partial charge is 0.469 e. The molecule has 0 radical (unpaired) electrons. The van der Waals surface area contributed by atoms with Gasteiger partial charge < -0.3 is 15.8 Å². The summed E-state index contributed by atoms with van der Waals surface area (Å²) in [5.41, 5.74) is 7.20. The molecular formula is C11H16BrN3O2. The van der Waals surface area contributed by atoms with Gasteiger partial charge in [-0.05, 0) is 28.9 Å². The molecular weight excluding hydrogens is 286 g/mol.